The smallest absolute Gasteiger partial charge is 0.248 e. The molecule has 10 heteroatoms. The van der Waals surface area contributed by atoms with E-state index in [1.807, 2.05) is 5.38 Å². The maximum atomic E-state index is 14.2. The number of Topliss-reactive ketones (excluding diaryl/α,β-unsaturated/α-hetero) is 1. The molecule has 1 aliphatic rings. The van der Waals surface area contributed by atoms with Gasteiger partial charge in [-0.25, -0.2) is 9.37 Å². The number of halogens is 3. The van der Waals surface area contributed by atoms with E-state index in [9.17, 15) is 18.4 Å². The maximum absolute atomic E-state index is 14.2. The number of nitrogens with zero attached hydrogens (tertiary/aromatic N) is 2. The Morgan fingerprint density at radius 3 is 2.58 bits per heavy atom. The van der Waals surface area contributed by atoms with Crippen molar-refractivity contribution in [2.45, 2.75) is 17.9 Å². The van der Waals surface area contributed by atoms with Crippen molar-refractivity contribution in [3.8, 4) is 11.6 Å². The zero-order valence-electron chi connectivity index (χ0n) is 18.4. The predicted octanol–water partition coefficient (Wildman–Crippen LogP) is 6.54. The third-order valence-corrected chi connectivity index (χ3v) is 7.63. The molecule has 1 saturated heterocycles. The molecule has 4 aromatic rings. The van der Waals surface area contributed by atoms with E-state index >= 15 is 0 Å². The second-order valence-corrected chi connectivity index (χ2v) is 9.72. The molecule has 0 spiro atoms. The largest absolute Gasteiger partial charge is 0.436 e. The van der Waals surface area contributed by atoms with Crippen LogP contribution < -0.4 is 4.74 Å². The first-order valence-corrected chi connectivity index (χ1v) is 12.5. The molecular weight excluding hydrogens is 526 g/mol. The Morgan fingerprint density at radius 2 is 1.83 bits per heavy atom. The summed E-state index contributed by atoms with van der Waals surface area (Å²) in [5.41, 5.74) is -0.0544. The van der Waals surface area contributed by atoms with Gasteiger partial charge in [-0.2, -0.15) is 15.7 Å². The molecule has 0 saturated carbocycles. The number of amides is 1. The zero-order valence-corrected chi connectivity index (χ0v) is 20.9. The third-order valence-electron chi connectivity index (χ3n) is 6.06. The minimum absolute atomic E-state index is 0.0403. The topological polar surface area (TPSA) is 59.5 Å². The van der Waals surface area contributed by atoms with E-state index in [1.165, 1.54) is 33.8 Å². The monoisotopic (exact) mass is 542 g/mol. The lowest BCUT2D eigenvalue weighted by Gasteiger charge is -2.45. The molecule has 2 aromatic carbocycles. The fourth-order valence-electron chi connectivity index (χ4n) is 4.34. The van der Waals surface area contributed by atoms with Crippen LogP contribution in [0.15, 0.2) is 77.5 Å². The van der Waals surface area contributed by atoms with Crippen LogP contribution in [0.25, 0.3) is 0 Å². The molecule has 2 aromatic heterocycles. The molecular formula is C26H17ClF2N2O3S2. The van der Waals surface area contributed by atoms with Crippen molar-refractivity contribution in [1.82, 2.24) is 9.29 Å². The number of carbonyl (C=O) groups is 2. The van der Waals surface area contributed by atoms with E-state index in [0.717, 1.165) is 6.07 Å². The molecule has 2 unspecified atom stereocenters. The summed E-state index contributed by atoms with van der Waals surface area (Å²) in [6.07, 6.45) is -0.139. The highest BCUT2D eigenvalue weighted by atomic mass is 35.5. The Bertz CT molecular complexity index is 1470. The number of ether oxygens (including phenoxy) is 1. The zero-order chi connectivity index (χ0) is 25.4. The van der Waals surface area contributed by atoms with Gasteiger partial charge < -0.3 is 4.74 Å². The number of piperidine rings is 1. The van der Waals surface area contributed by atoms with Crippen LogP contribution in [0, 0.1) is 11.6 Å². The van der Waals surface area contributed by atoms with Gasteiger partial charge in [0.2, 0.25) is 17.6 Å². The lowest BCUT2D eigenvalue weighted by Crippen LogP contribution is -2.54. The van der Waals surface area contributed by atoms with E-state index < -0.39 is 29.0 Å². The second-order valence-electron chi connectivity index (χ2n) is 8.14. The molecule has 1 fully saturated rings. The quantitative estimate of drug-likeness (QED) is 0.230. The molecule has 0 radical (unpaired) electrons. The van der Waals surface area contributed by atoms with Gasteiger partial charge in [0.15, 0.2) is 17.3 Å². The number of carbonyl (C=O) groups excluding carboxylic acids is 2. The van der Waals surface area contributed by atoms with Gasteiger partial charge in [-0.05, 0) is 52.2 Å². The van der Waals surface area contributed by atoms with Crippen LogP contribution in [0.1, 0.15) is 29.2 Å². The molecule has 1 aliphatic heterocycles. The average Bonchev–Trinajstić information content (AvgIpc) is 3.41. The lowest BCUT2D eigenvalue weighted by molar-refractivity contribution is -0.142. The number of hydrogen-bond donors (Lipinski definition) is 1. The van der Waals surface area contributed by atoms with E-state index in [1.54, 1.807) is 47.8 Å². The molecule has 36 heavy (non-hydrogen) atoms. The van der Waals surface area contributed by atoms with E-state index in [4.69, 9.17) is 16.3 Å². The summed E-state index contributed by atoms with van der Waals surface area (Å²) in [6, 6.07) is 16.7. The number of thiophene rings is 1. The predicted molar refractivity (Wildman–Crippen MR) is 135 cm³/mol. The molecule has 0 bridgehead atoms. The van der Waals surface area contributed by atoms with Crippen molar-refractivity contribution < 1.29 is 23.1 Å². The van der Waals surface area contributed by atoms with E-state index in [0.29, 0.717) is 16.1 Å². The molecule has 5 nitrogen and oxygen atoms in total. The summed E-state index contributed by atoms with van der Waals surface area (Å²) < 4.78 is 34.6. The highest BCUT2D eigenvalue weighted by Gasteiger charge is 2.53. The van der Waals surface area contributed by atoms with Gasteiger partial charge in [0.05, 0.1) is 5.69 Å². The molecule has 5 rings (SSSR count). The minimum atomic E-state index is -1.37. The van der Waals surface area contributed by atoms with Gasteiger partial charge in [0, 0.05) is 17.5 Å². The lowest BCUT2D eigenvalue weighted by atomic mass is 9.75. The fourth-order valence-corrected chi connectivity index (χ4v) is 5.71. The first-order valence-electron chi connectivity index (χ1n) is 10.7. The van der Waals surface area contributed by atoms with Crippen LogP contribution in [0.5, 0.6) is 11.6 Å². The summed E-state index contributed by atoms with van der Waals surface area (Å²) >= 11 is 12.3. The number of ketones is 1. The number of rotatable bonds is 5. The molecule has 0 aliphatic carbocycles. The van der Waals surface area contributed by atoms with Crippen molar-refractivity contribution in [2.24, 2.45) is 0 Å². The van der Waals surface area contributed by atoms with Crippen LogP contribution >= 0.6 is 35.8 Å². The van der Waals surface area contributed by atoms with E-state index in [-0.39, 0.29) is 29.5 Å². The van der Waals surface area contributed by atoms with Crippen molar-refractivity contribution >= 4 is 47.4 Å². The second kappa shape index (κ2) is 9.65. The Labute approximate surface area is 219 Å². The Balaban J connectivity index is 1.60. The number of benzene rings is 2. The van der Waals surface area contributed by atoms with Crippen LogP contribution in [-0.2, 0) is 15.1 Å². The molecule has 1 amide bonds. The van der Waals surface area contributed by atoms with Crippen molar-refractivity contribution in [3.63, 3.8) is 0 Å². The highest BCUT2D eigenvalue weighted by molar-refractivity contribution is 7.78. The summed E-state index contributed by atoms with van der Waals surface area (Å²) in [5.74, 6) is -4.63. The molecule has 182 valence electrons. The fraction of sp³-hybridized carbons (Fsp3) is 0.115. The Hall–Kier alpha value is -3.27. The minimum Gasteiger partial charge on any atom is -0.436 e. The van der Waals surface area contributed by atoms with Gasteiger partial charge in [0.25, 0.3) is 0 Å². The Kier molecular flexibility index (Phi) is 6.55. The summed E-state index contributed by atoms with van der Waals surface area (Å²) in [4.78, 5) is 31.7. The number of pyridine rings is 1. The van der Waals surface area contributed by atoms with Crippen LogP contribution in [0.3, 0.4) is 0 Å². The highest BCUT2D eigenvalue weighted by Crippen LogP contribution is 2.48. The normalized spacial score (nSPS) is 20.0. The Morgan fingerprint density at radius 1 is 1.06 bits per heavy atom. The third kappa shape index (κ3) is 4.07. The number of aromatic nitrogens is 1. The van der Waals surface area contributed by atoms with Crippen molar-refractivity contribution in [3.05, 3.63) is 111 Å². The van der Waals surface area contributed by atoms with Crippen molar-refractivity contribution in [2.75, 3.05) is 0 Å². The standard InChI is InChI=1S/C26H17ClF2N2O3S2/c27-17-6-2-1-5-16(17)23-19(32)13-26(31(35)25(23)33,15-11-12-36-14-15)21-9-4-10-22(30-21)34-20-8-3-7-18(28)24(20)29/h1-12,14,23,35H,13H2. The molecule has 2 atom stereocenters. The summed E-state index contributed by atoms with van der Waals surface area (Å²) in [7, 11) is 0. The van der Waals surface area contributed by atoms with Crippen molar-refractivity contribution in [1.29, 1.82) is 0 Å². The van der Waals surface area contributed by atoms with Gasteiger partial charge in [-0.3, -0.25) is 13.9 Å². The average molecular weight is 543 g/mol. The van der Waals surface area contributed by atoms with Crippen LogP contribution in [-0.4, -0.2) is 21.0 Å². The maximum Gasteiger partial charge on any atom is 0.248 e. The SMILES string of the molecule is O=C1CC(c2ccsc2)(c2cccc(Oc3cccc(F)c3F)n2)N(S)C(=O)C1c1ccccc1Cl. The molecule has 0 N–H and O–H groups in total. The van der Waals surface area contributed by atoms with Gasteiger partial charge in [-0.1, -0.05) is 54.7 Å². The first kappa shape index (κ1) is 24.4. The number of thiol groups is 1. The summed E-state index contributed by atoms with van der Waals surface area (Å²) in [6.45, 7) is 0. The number of hydrogen-bond acceptors (Lipinski definition) is 6. The summed E-state index contributed by atoms with van der Waals surface area (Å²) in [5, 5.41) is 3.93. The van der Waals surface area contributed by atoms with Gasteiger partial charge >= 0.3 is 0 Å². The van der Waals surface area contributed by atoms with Gasteiger partial charge in [-0.15, -0.1) is 0 Å². The van der Waals surface area contributed by atoms with E-state index in [2.05, 4.69) is 17.8 Å². The van der Waals surface area contributed by atoms with Gasteiger partial charge in [0.1, 0.15) is 11.5 Å². The molecule has 3 heterocycles. The van der Waals surface area contributed by atoms with Crippen LogP contribution in [0.2, 0.25) is 5.02 Å². The first-order chi connectivity index (χ1) is 17.3. The van der Waals surface area contributed by atoms with Crippen LogP contribution in [0.4, 0.5) is 8.78 Å².